The third kappa shape index (κ3) is 3.46. The summed E-state index contributed by atoms with van der Waals surface area (Å²) in [5, 5.41) is 3.55. The van der Waals surface area contributed by atoms with Crippen LogP contribution in [0.1, 0.15) is 57.3 Å². The quantitative estimate of drug-likeness (QED) is 0.811. The van der Waals surface area contributed by atoms with E-state index in [-0.39, 0.29) is 18.1 Å². The van der Waals surface area contributed by atoms with Crippen LogP contribution in [0.25, 0.3) is 0 Å². The fraction of sp³-hybridized carbons (Fsp3) is 0.611. The molecule has 116 valence electrons. The van der Waals surface area contributed by atoms with Gasteiger partial charge in [-0.3, -0.25) is 10.1 Å². The Kier molecular flexibility index (Phi) is 5.40. The van der Waals surface area contributed by atoms with Crippen molar-refractivity contribution in [3.8, 4) is 0 Å². The molecule has 1 aliphatic heterocycles. The van der Waals surface area contributed by atoms with Crippen molar-refractivity contribution in [1.29, 1.82) is 0 Å². The van der Waals surface area contributed by atoms with E-state index in [0.29, 0.717) is 5.92 Å². The average Bonchev–Trinajstić information content (AvgIpc) is 2.77. The maximum atomic E-state index is 12.7. The molecule has 0 aliphatic carbocycles. The zero-order valence-electron chi connectivity index (χ0n) is 13.7. The molecule has 0 radical (unpaired) electrons. The summed E-state index contributed by atoms with van der Waals surface area (Å²) in [5.41, 5.74) is 2.47. The third-order valence-corrected chi connectivity index (χ3v) is 4.35. The van der Waals surface area contributed by atoms with Crippen LogP contribution in [0.5, 0.6) is 0 Å². The van der Waals surface area contributed by atoms with E-state index in [2.05, 4.69) is 57.3 Å². The van der Waals surface area contributed by atoms with Crippen LogP contribution in [-0.2, 0) is 4.79 Å². The van der Waals surface area contributed by atoms with Crippen LogP contribution in [0.3, 0.4) is 0 Å². The number of hydrogen-bond acceptors (Lipinski definition) is 2. The largest absolute Gasteiger partial charge is 0.322 e. The Bertz CT molecular complexity index is 484. The van der Waals surface area contributed by atoms with Gasteiger partial charge in [-0.05, 0) is 30.4 Å². The lowest BCUT2D eigenvalue weighted by atomic mass is 10.0. The second-order valence-corrected chi connectivity index (χ2v) is 6.39. The fourth-order valence-corrected chi connectivity index (χ4v) is 3.04. The molecule has 1 amide bonds. The van der Waals surface area contributed by atoms with E-state index >= 15 is 0 Å². The smallest absolute Gasteiger partial charge is 0.241 e. The molecule has 21 heavy (non-hydrogen) atoms. The molecule has 1 N–H and O–H groups in total. The second-order valence-electron chi connectivity index (χ2n) is 6.39. The number of nitrogens with zero attached hydrogens (tertiary/aromatic N) is 1. The standard InChI is InChI=1S/C18H28N2O/c1-5-6-9-12-20-17(15-11-8-7-10-14(15)4)19-16(13(2)3)18(20)21/h7-8,10-11,13,16-17,19H,5-6,9,12H2,1-4H3. The second kappa shape index (κ2) is 7.08. The van der Waals surface area contributed by atoms with Crippen LogP contribution in [0.15, 0.2) is 24.3 Å². The van der Waals surface area contributed by atoms with E-state index in [1.807, 2.05) is 4.90 Å². The number of carbonyl (C=O) groups is 1. The highest BCUT2D eigenvalue weighted by Gasteiger charge is 2.40. The molecule has 3 nitrogen and oxygen atoms in total. The lowest BCUT2D eigenvalue weighted by molar-refractivity contribution is -0.130. The van der Waals surface area contributed by atoms with Gasteiger partial charge >= 0.3 is 0 Å². The molecule has 0 saturated carbocycles. The van der Waals surface area contributed by atoms with Gasteiger partial charge in [0.2, 0.25) is 5.91 Å². The number of unbranched alkanes of at least 4 members (excludes halogenated alkanes) is 2. The van der Waals surface area contributed by atoms with E-state index in [9.17, 15) is 4.79 Å². The van der Waals surface area contributed by atoms with Crippen LogP contribution in [0.2, 0.25) is 0 Å². The number of aryl methyl sites for hydroxylation is 1. The molecule has 1 aromatic rings. The van der Waals surface area contributed by atoms with E-state index in [4.69, 9.17) is 0 Å². The van der Waals surface area contributed by atoms with Crippen molar-refractivity contribution in [2.45, 2.75) is 59.2 Å². The summed E-state index contributed by atoms with van der Waals surface area (Å²) >= 11 is 0. The van der Waals surface area contributed by atoms with Crippen molar-refractivity contribution in [1.82, 2.24) is 10.2 Å². The van der Waals surface area contributed by atoms with Gasteiger partial charge in [0.25, 0.3) is 0 Å². The van der Waals surface area contributed by atoms with Crippen molar-refractivity contribution in [3.05, 3.63) is 35.4 Å². The molecule has 0 bridgehead atoms. The number of amides is 1. The first-order chi connectivity index (χ1) is 10.1. The fourth-order valence-electron chi connectivity index (χ4n) is 3.04. The Morgan fingerprint density at radius 2 is 1.95 bits per heavy atom. The van der Waals surface area contributed by atoms with E-state index in [0.717, 1.165) is 13.0 Å². The summed E-state index contributed by atoms with van der Waals surface area (Å²) in [7, 11) is 0. The maximum absolute atomic E-state index is 12.7. The SMILES string of the molecule is CCCCCN1C(=O)C(C(C)C)NC1c1ccccc1C. The molecule has 2 rings (SSSR count). The summed E-state index contributed by atoms with van der Waals surface area (Å²) in [6.07, 6.45) is 3.47. The summed E-state index contributed by atoms with van der Waals surface area (Å²) in [6.45, 7) is 9.39. The molecule has 0 spiro atoms. The minimum absolute atomic E-state index is 0.0305. The molecule has 2 atom stereocenters. The molecule has 1 saturated heterocycles. The highest BCUT2D eigenvalue weighted by Crippen LogP contribution is 2.30. The molecule has 3 heteroatoms. The Morgan fingerprint density at radius 1 is 1.24 bits per heavy atom. The lowest BCUT2D eigenvalue weighted by Gasteiger charge is -2.25. The number of rotatable bonds is 6. The normalized spacial score (nSPS) is 22.3. The highest BCUT2D eigenvalue weighted by atomic mass is 16.2. The predicted octanol–water partition coefficient (Wildman–Crippen LogP) is 3.64. The van der Waals surface area contributed by atoms with Crippen LogP contribution >= 0.6 is 0 Å². The summed E-state index contributed by atoms with van der Waals surface area (Å²) in [6, 6.07) is 8.30. The first-order valence-electron chi connectivity index (χ1n) is 8.18. The van der Waals surface area contributed by atoms with Crippen LogP contribution in [0, 0.1) is 12.8 Å². The van der Waals surface area contributed by atoms with Crippen molar-refractivity contribution in [2.24, 2.45) is 5.92 Å². The van der Waals surface area contributed by atoms with Crippen molar-refractivity contribution in [2.75, 3.05) is 6.54 Å². The van der Waals surface area contributed by atoms with Crippen molar-refractivity contribution >= 4 is 5.91 Å². The molecule has 0 aromatic heterocycles. The first kappa shape index (κ1) is 16.0. The Balaban J connectivity index is 2.23. The molecular weight excluding hydrogens is 260 g/mol. The monoisotopic (exact) mass is 288 g/mol. The zero-order valence-corrected chi connectivity index (χ0v) is 13.7. The molecule has 1 aliphatic rings. The van der Waals surface area contributed by atoms with Gasteiger partial charge in [-0.15, -0.1) is 0 Å². The minimum Gasteiger partial charge on any atom is -0.322 e. The Morgan fingerprint density at radius 3 is 2.57 bits per heavy atom. The Labute approximate surface area is 128 Å². The average molecular weight is 288 g/mol. The van der Waals surface area contributed by atoms with Crippen molar-refractivity contribution in [3.63, 3.8) is 0 Å². The zero-order chi connectivity index (χ0) is 15.4. The van der Waals surface area contributed by atoms with Crippen LogP contribution in [-0.4, -0.2) is 23.4 Å². The van der Waals surface area contributed by atoms with Gasteiger partial charge in [-0.25, -0.2) is 0 Å². The number of benzene rings is 1. The molecule has 1 aromatic carbocycles. The minimum atomic E-state index is -0.0590. The summed E-state index contributed by atoms with van der Waals surface area (Å²) < 4.78 is 0. The number of hydrogen-bond donors (Lipinski definition) is 1. The lowest BCUT2D eigenvalue weighted by Crippen LogP contribution is -2.35. The van der Waals surface area contributed by atoms with Gasteiger partial charge < -0.3 is 4.90 Å². The van der Waals surface area contributed by atoms with E-state index in [1.54, 1.807) is 0 Å². The van der Waals surface area contributed by atoms with Gasteiger partial charge in [0.1, 0.15) is 6.17 Å². The van der Waals surface area contributed by atoms with Gasteiger partial charge in [-0.1, -0.05) is 57.9 Å². The van der Waals surface area contributed by atoms with Crippen molar-refractivity contribution < 1.29 is 4.79 Å². The number of carbonyl (C=O) groups excluding carboxylic acids is 1. The van der Waals surface area contributed by atoms with E-state index < -0.39 is 0 Å². The predicted molar refractivity (Wildman–Crippen MR) is 86.9 cm³/mol. The van der Waals surface area contributed by atoms with Gasteiger partial charge in [0.15, 0.2) is 0 Å². The van der Waals surface area contributed by atoms with Gasteiger partial charge in [-0.2, -0.15) is 0 Å². The van der Waals surface area contributed by atoms with Crippen LogP contribution < -0.4 is 5.32 Å². The first-order valence-corrected chi connectivity index (χ1v) is 8.18. The Hall–Kier alpha value is -1.35. The number of nitrogens with one attached hydrogen (secondary N) is 1. The third-order valence-electron chi connectivity index (χ3n) is 4.35. The van der Waals surface area contributed by atoms with Gasteiger partial charge in [0.05, 0.1) is 6.04 Å². The maximum Gasteiger partial charge on any atom is 0.241 e. The molecule has 2 unspecified atom stereocenters. The summed E-state index contributed by atoms with van der Waals surface area (Å²) in [4.78, 5) is 14.7. The molecular formula is C18H28N2O. The summed E-state index contributed by atoms with van der Waals surface area (Å²) in [5.74, 6) is 0.578. The molecule has 1 heterocycles. The van der Waals surface area contributed by atoms with Gasteiger partial charge in [0, 0.05) is 6.54 Å². The highest BCUT2D eigenvalue weighted by molar-refractivity contribution is 5.85. The van der Waals surface area contributed by atoms with E-state index in [1.165, 1.54) is 24.0 Å². The van der Waals surface area contributed by atoms with Crippen LogP contribution in [0.4, 0.5) is 0 Å². The topological polar surface area (TPSA) is 32.3 Å². The molecule has 1 fully saturated rings.